The van der Waals surface area contributed by atoms with Gasteiger partial charge in [-0.1, -0.05) is 6.07 Å². The molecule has 0 radical (unpaired) electrons. The highest BCUT2D eigenvalue weighted by atomic mass is 32.2. The van der Waals surface area contributed by atoms with Crippen LogP contribution in [0.25, 0.3) is 0 Å². The summed E-state index contributed by atoms with van der Waals surface area (Å²) in [6.07, 6.45) is 3.75. The van der Waals surface area contributed by atoms with Crippen LogP contribution < -0.4 is 4.72 Å². The van der Waals surface area contributed by atoms with Gasteiger partial charge in [-0.25, -0.2) is 13.1 Å². The van der Waals surface area contributed by atoms with Crippen molar-refractivity contribution in [2.75, 3.05) is 19.3 Å². The normalized spacial score (nSPS) is 19.2. The second-order valence-electron chi connectivity index (χ2n) is 5.63. The van der Waals surface area contributed by atoms with Gasteiger partial charge in [0, 0.05) is 37.3 Å². The van der Waals surface area contributed by atoms with E-state index < -0.39 is 10.0 Å². The van der Waals surface area contributed by atoms with Gasteiger partial charge in [0.1, 0.15) is 0 Å². The molecule has 1 N–H and O–H groups in total. The van der Waals surface area contributed by atoms with Crippen LogP contribution in [0.15, 0.2) is 29.8 Å². The van der Waals surface area contributed by atoms with E-state index in [2.05, 4.69) is 32.2 Å². The molecular formula is C14H20N4O2S2. The number of fused-ring (bicyclic) bond motifs is 1. The summed E-state index contributed by atoms with van der Waals surface area (Å²) in [6, 6.07) is 6.46. The van der Waals surface area contributed by atoms with E-state index in [0.29, 0.717) is 6.54 Å². The van der Waals surface area contributed by atoms with E-state index >= 15 is 0 Å². The molecule has 0 amide bonds. The van der Waals surface area contributed by atoms with Gasteiger partial charge in [-0.05, 0) is 23.9 Å². The SMILES string of the molecule is CS(=O)(=O)NCC[C@@H]1CN(Cc2cccs2)Cc2ccnn21. The molecule has 0 aliphatic carbocycles. The van der Waals surface area contributed by atoms with Crippen LogP contribution in [0, 0.1) is 0 Å². The zero-order valence-electron chi connectivity index (χ0n) is 12.5. The molecule has 0 saturated carbocycles. The lowest BCUT2D eigenvalue weighted by atomic mass is 10.1. The number of thiophene rings is 1. The van der Waals surface area contributed by atoms with Crippen molar-refractivity contribution in [1.82, 2.24) is 19.4 Å². The van der Waals surface area contributed by atoms with E-state index in [1.54, 1.807) is 11.3 Å². The van der Waals surface area contributed by atoms with Crippen molar-refractivity contribution >= 4 is 21.4 Å². The second kappa shape index (κ2) is 6.49. The molecule has 6 nitrogen and oxygen atoms in total. The molecule has 0 aromatic carbocycles. The quantitative estimate of drug-likeness (QED) is 0.864. The maximum Gasteiger partial charge on any atom is 0.208 e. The molecule has 120 valence electrons. The molecule has 0 spiro atoms. The fourth-order valence-electron chi connectivity index (χ4n) is 2.83. The predicted molar refractivity (Wildman–Crippen MR) is 87.2 cm³/mol. The van der Waals surface area contributed by atoms with E-state index in [9.17, 15) is 8.42 Å². The summed E-state index contributed by atoms with van der Waals surface area (Å²) in [5.41, 5.74) is 1.19. The van der Waals surface area contributed by atoms with E-state index in [4.69, 9.17) is 0 Å². The zero-order chi connectivity index (χ0) is 15.6. The number of nitrogens with one attached hydrogen (secondary N) is 1. The van der Waals surface area contributed by atoms with Gasteiger partial charge in [0.15, 0.2) is 0 Å². The van der Waals surface area contributed by atoms with E-state index in [0.717, 1.165) is 26.1 Å². The van der Waals surface area contributed by atoms with Crippen LogP contribution in [0.4, 0.5) is 0 Å². The molecule has 0 unspecified atom stereocenters. The van der Waals surface area contributed by atoms with Crippen LogP contribution in [-0.2, 0) is 23.1 Å². The second-order valence-corrected chi connectivity index (χ2v) is 8.49. The van der Waals surface area contributed by atoms with Crippen molar-refractivity contribution in [3.05, 3.63) is 40.3 Å². The minimum absolute atomic E-state index is 0.202. The molecule has 22 heavy (non-hydrogen) atoms. The van der Waals surface area contributed by atoms with Gasteiger partial charge in [0.2, 0.25) is 10.0 Å². The number of hydrogen-bond acceptors (Lipinski definition) is 5. The van der Waals surface area contributed by atoms with Crippen molar-refractivity contribution in [2.45, 2.75) is 25.6 Å². The number of aromatic nitrogens is 2. The number of hydrogen-bond donors (Lipinski definition) is 1. The van der Waals surface area contributed by atoms with Crippen molar-refractivity contribution in [3.8, 4) is 0 Å². The lowest BCUT2D eigenvalue weighted by Crippen LogP contribution is -2.38. The molecule has 1 atom stereocenters. The highest BCUT2D eigenvalue weighted by Gasteiger charge is 2.25. The highest BCUT2D eigenvalue weighted by molar-refractivity contribution is 7.88. The van der Waals surface area contributed by atoms with Crippen LogP contribution in [0.3, 0.4) is 0 Å². The summed E-state index contributed by atoms with van der Waals surface area (Å²) in [6.45, 7) is 3.14. The smallest absolute Gasteiger partial charge is 0.208 e. The Morgan fingerprint density at radius 3 is 3.05 bits per heavy atom. The summed E-state index contributed by atoms with van der Waals surface area (Å²) >= 11 is 1.77. The van der Waals surface area contributed by atoms with Crippen LogP contribution >= 0.6 is 11.3 Å². The number of sulfonamides is 1. The third-order valence-electron chi connectivity index (χ3n) is 3.75. The average Bonchev–Trinajstić information content (AvgIpc) is 3.08. The number of nitrogens with zero attached hydrogens (tertiary/aromatic N) is 3. The lowest BCUT2D eigenvalue weighted by molar-refractivity contribution is 0.163. The predicted octanol–water partition coefficient (Wildman–Crippen LogP) is 1.44. The summed E-state index contributed by atoms with van der Waals surface area (Å²) in [5.74, 6) is 0. The van der Waals surface area contributed by atoms with Gasteiger partial charge >= 0.3 is 0 Å². The van der Waals surface area contributed by atoms with Crippen LogP contribution in [0.5, 0.6) is 0 Å². The monoisotopic (exact) mass is 340 g/mol. The van der Waals surface area contributed by atoms with E-state index in [1.165, 1.54) is 16.8 Å². The summed E-state index contributed by atoms with van der Waals surface area (Å²) < 4.78 is 27.0. The molecule has 0 bridgehead atoms. The molecule has 2 aromatic rings. The van der Waals surface area contributed by atoms with Crippen molar-refractivity contribution in [3.63, 3.8) is 0 Å². The molecule has 3 heterocycles. The highest BCUT2D eigenvalue weighted by Crippen LogP contribution is 2.25. The Morgan fingerprint density at radius 2 is 2.32 bits per heavy atom. The summed E-state index contributed by atoms with van der Waals surface area (Å²) in [7, 11) is -3.14. The van der Waals surface area contributed by atoms with Crippen LogP contribution in [0.2, 0.25) is 0 Å². The van der Waals surface area contributed by atoms with Gasteiger partial charge in [0.25, 0.3) is 0 Å². The topological polar surface area (TPSA) is 67.2 Å². The first-order valence-corrected chi connectivity index (χ1v) is 10.00. The third kappa shape index (κ3) is 3.95. The summed E-state index contributed by atoms with van der Waals surface area (Å²) in [5, 5.41) is 6.49. The Balaban J connectivity index is 1.66. The van der Waals surface area contributed by atoms with E-state index in [-0.39, 0.29) is 6.04 Å². The van der Waals surface area contributed by atoms with Gasteiger partial charge in [0.05, 0.1) is 18.0 Å². The van der Waals surface area contributed by atoms with E-state index in [1.807, 2.05) is 16.9 Å². The Labute approximate surface area is 134 Å². The van der Waals surface area contributed by atoms with Gasteiger partial charge in [-0.3, -0.25) is 9.58 Å². The van der Waals surface area contributed by atoms with Gasteiger partial charge in [-0.2, -0.15) is 5.10 Å². The Hall–Kier alpha value is -1.22. The summed E-state index contributed by atoms with van der Waals surface area (Å²) in [4.78, 5) is 3.74. The van der Waals surface area contributed by atoms with Gasteiger partial charge in [-0.15, -0.1) is 11.3 Å². The molecule has 0 fully saturated rings. The van der Waals surface area contributed by atoms with Crippen molar-refractivity contribution in [2.24, 2.45) is 0 Å². The fraction of sp³-hybridized carbons (Fsp3) is 0.500. The molecule has 2 aromatic heterocycles. The first kappa shape index (κ1) is 15.7. The lowest BCUT2D eigenvalue weighted by Gasteiger charge is -2.33. The first-order valence-electron chi connectivity index (χ1n) is 7.23. The average molecular weight is 340 g/mol. The number of rotatable bonds is 6. The van der Waals surface area contributed by atoms with Gasteiger partial charge < -0.3 is 0 Å². The van der Waals surface area contributed by atoms with Crippen LogP contribution in [-0.4, -0.2) is 42.4 Å². The minimum Gasteiger partial charge on any atom is -0.290 e. The van der Waals surface area contributed by atoms with Crippen molar-refractivity contribution < 1.29 is 8.42 Å². The van der Waals surface area contributed by atoms with Crippen LogP contribution in [0.1, 0.15) is 23.0 Å². The maximum atomic E-state index is 11.2. The molecule has 1 aliphatic rings. The third-order valence-corrected chi connectivity index (χ3v) is 5.34. The first-order chi connectivity index (χ1) is 10.5. The molecule has 0 saturated heterocycles. The Bertz CT molecular complexity index is 709. The largest absolute Gasteiger partial charge is 0.290 e. The molecule has 1 aliphatic heterocycles. The Kier molecular flexibility index (Phi) is 4.62. The fourth-order valence-corrected chi connectivity index (χ4v) is 4.07. The van der Waals surface area contributed by atoms with Crippen molar-refractivity contribution in [1.29, 1.82) is 0 Å². The molecule has 3 rings (SSSR count). The molecule has 8 heteroatoms. The minimum atomic E-state index is -3.14. The molecular weight excluding hydrogens is 320 g/mol. The zero-order valence-corrected chi connectivity index (χ0v) is 14.1. The maximum absolute atomic E-state index is 11.2. The Morgan fingerprint density at radius 1 is 1.45 bits per heavy atom. The standard InChI is InChI=1S/C14H20N4O2S2/c1-22(19,20)16-7-5-13-10-17(11-14-3-2-8-21-14)9-12-4-6-15-18(12)13/h2-4,6,8,13,16H,5,7,9-11H2,1H3/t13-/m1/s1.